The molecule has 0 bridgehead atoms. The standard InChI is InChI=1S/C18H14Cl2N4S/c1-12(10-21)25-18-23-22-17(15-8-7-14(19)9-16(15)20)24(18)11-13-5-3-2-4-6-13/h2-9,12H,11H2,1H3/t12-/m0/s1. The van der Waals surface area contributed by atoms with Crippen molar-refractivity contribution in [3.05, 3.63) is 64.1 Å². The molecule has 4 nitrogen and oxygen atoms in total. The molecule has 0 amide bonds. The highest BCUT2D eigenvalue weighted by Crippen LogP contribution is 2.32. The van der Waals surface area contributed by atoms with Gasteiger partial charge in [-0.15, -0.1) is 10.2 Å². The minimum atomic E-state index is -0.229. The van der Waals surface area contributed by atoms with Gasteiger partial charge in [0, 0.05) is 10.6 Å². The molecule has 1 atom stereocenters. The summed E-state index contributed by atoms with van der Waals surface area (Å²) in [4.78, 5) is 0. The maximum absolute atomic E-state index is 9.11. The average Bonchev–Trinajstić information content (AvgIpc) is 2.98. The van der Waals surface area contributed by atoms with E-state index in [0.717, 1.165) is 11.1 Å². The van der Waals surface area contributed by atoms with Crippen LogP contribution >= 0.6 is 35.0 Å². The summed E-state index contributed by atoms with van der Waals surface area (Å²) in [5.41, 5.74) is 1.87. The molecule has 0 unspecified atom stereocenters. The quantitative estimate of drug-likeness (QED) is 0.556. The van der Waals surface area contributed by atoms with Crippen LogP contribution in [0, 0.1) is 11.3 Å². The molecule has 7 heteroatoms. The Morgan fingerprint density at radius 3 is 2.60 bits per heavy atom. The second kappa shape index (κ2) is 7.92. The summed E-state index contributed by atoms with van der Waals surface area (Å²) in [6.45, 7) is 2.42. The number of aromatic nitrogens is 3. The Balaban J connectivity index is 2.07. The number of thioether (sulfide) groups is 1. The fourth-order valence-corrected chi connectivity index (χ4v) is 3.57. The summed E-state index contributed by atoms with van der Waals surface area (Å²) in [6.07, 6.45) is 0. The van der Waals surface area contributed by atoms with Crippen LogP contribution in [-0.2, 0) is 6.54 Å². The lowest BCUT2D eigenvalue weighted by Crippen LogP contribution is -2.06. The van der Waals surface area contributed by atoms with Crippen molar-refractivity contribution in [1.82, 2.24) is 14.8 Å². The van der Waals surface area contributed by atoms with Crippen molar-refractivity contribution in [2.45, 2.75) is 23.9 Å². The van der Waals surface area contributed by atoms with Crippen LogP contribution in [0.4, 0.5) is 0 Å². The third-order valence-electron chi connectivity index (χ3n) is 3.54. The van der Waals surface area contributed by atoms with Gasteiger partial charge in [-0.25, -0.2) is 0 Å². The van der Waals surface area contributed by atoms with Crippen LogP contribution in [-0.4, -0.2) is 20.0 Å². The third kappa shape index (κ3) is 4.16. The number of nitrogens with zero attached hydrogens (tertiary/aromatic N) is 4. The zero-order valence-electron chi connectivity index (χ0n) is 13.4. The van der Waals surface area contributed by atoms with E-state index in [0.29, 0.717) is 27.6 Å². The molecule has 1 heterocycles. The van der Waals surface area contributed by atoms with Gasteiger partial charge in [-0.1, -0.05) is 65.3 Å². The SMILES string of the molecule is C[C@@H](C#N)Sc1nnc(-c2ccc(Cl)cc2Cl)n1Cc1ccccc1. The van der Waals surface area contributed by atoms with Gasteiger partial charge in [0.25, 0.3) is 0 Å². The summed E-state index contributed by atoms with van der Waals surface area (Å²) in [5.74, 6) is 0.651. The van der Waals surface area contributed by atoms with Crippen molar-refractivity contribution in [2.24, 2.45) is 0 Å². The highest BCUT2D eigenvalue weighted by Gasteiger charge is 2.19. The maximum atomic E-state index is 9.11. The molecule has 2 aromatic carbocycles. The van der Waals surface area contributed by atoms with Crippen LogP contribution < -0.4 is 0 Å². The van der Waals surface area contributed by atoms with E-state index in [-0.39, 0.29) is 5.25 Å². The molecule has 3 rings (SSSR count). The molecule has 0 radical (unpaired) electrons. The Morgan fingerprint density at radius 2 is 1.92 bits per heavy atom. The lowest BCUT2D eigenvalue weighted by molar-refractivity contribution is 0.714. The molecular weight excluding hydrogens is 375 g/mol. The van der Waals surface area contributed by atoms with E-state index in [4.69, 9.17) is 28.5 Å². The summed E-state index contributed by atoms with van der Waals surface area (Å²) < 4.78 is 1.98. The van der Waals surface area contributed by atoms with Gasteiger partial charge in [-0.3, -0.25) is 4.57 Å². The van der Waals surface area contributed by atoms with Gasteiger partial charge in [0.05, 0.1) is 22.9 Å². The van der Waals surface area contributed by atoms with Crippen LogP contribution in [0.5, 0.6) is 0 Å². The molecule has 25 heavy (non-hydrogen) atoms. The Kier molecular flexibility index (Phi) is 5.64. The molecule has 0 spiro atoms. The Bertz CT molecular complexity index is 919. The van der Waals surface area contributed by atoms with Crippen molar-refractivity contribution in [2.75, 3.05) is 0 Å². The van der Waals surface area contributed by atoms with E-state index in [1.165, 1.54) is 11.8 Å². The number of benzene rings is 2. The lowest BCUT2D eigenvalue weighted by atomic mass is 10.2. The molecule has 0 aliphatic rings. The molecule has 0 saturated carbocycles. The van der Waals surface area contributed by atoms with Gasteiger partial charge in [0.1, 0.15) is 0 Å². The second-order valence-corrected chi connectivity index (χ2v) is 7.54. The van der Waals surface area contributed by atoms with Crippen LogP contribution in [0.25, 0.3) is 11.4 Å². The monoisotopic (exact) mass is 388 g/mol. The van der Waals surface area contributed by atoms with Crippen LogP contribution in [0.3, 0.4) is 0 Å². The van der Waals surface area contributed by atoms with Gasteiger partial charge < -0.3 is 0 Å². The van der Waals surface area contributed by atoms with Gasteiger partial charge in [-0.05, 0) is 30.7 Å². The van der Waals surface area contributed by atoms with Crippen LogP contribution in [0.2, 0.25) is 10.0 Å². The second-order valence-electron chi connectivity index (χ2n) is 5.39. The fourth-order valence-electron chi connectivity index (χ4n) is 2.34. The van der Waals surface area contributed by atoms with Crippen LogP contribution in [0.15, 0.2) is 53.7 Å². The van der Waals surface area contributed by atoms with E-state index in [1.54, 1.807) is 12.1 Å². The first-order valence-corrected chi connectivity index (χ1v) is 9.21. The molecule has 3 aromatic rings. The van der Waals surface area contributed by atoms with Gasteiger partial charge in [0.2, 0.25) is 0 Å². The van der Waals surface area contributed by atoms with Crippen LogP contribution in [0.1, 0.15) is 12.5 Å². The molecular formula is C18H14Cl2N4S. The highest BCUT2D eigenvalue weighted by atomic mass is 35.5. The molecule has 0 aliphatic carbocycles. The first-order chi connectivity index (χ1) is 12.1. The third-order valence-corrected chi connectivity index (χ3v) is 5.06. The number of hydrogen-bond donors (Lipinski definition) is 0. The van der Waals surface area contributed by atoms with Crippen molar-refractivity contribution in [1.29, 1.82) is 5.26 Å². The number of hydrogen-bond acceptors (Lipinski definition) is 4. The largest absolute Gasteiger partial charge is 0.297 e. The smallest absolute Gasteiger partial charge is 0.193 e. The van der Waals surface area contributed by atoms with Gasteiger partial charge in [-0.2, -0.15) is 5.26 Å². The van der Waals surface area contributed by atoms with Crippen molar-refractivity contribution in [3.63, 3.8) is 0 Å². The summed E-state index contributed by atoms with van der Waals surface area (Å²) >= 11 is 13.7. The van der Waals surface area contributed by atoms with Crippen molar-refractivity contribution in [3.8, 4) is 17.5 Å². The first-order valence-electron chi connectivity index (χ1n) is 7.57. The predicted octanol–water partition coefficient (Wildman–Crippen LogP) is 5.30. The van der Waals surface area contributed by atoms with Gasteiger partial charge in [0.15, 0.2) is 11.0 Å². The number of halogens is 2. The van der Waals surface area contributed by atoms with Gasteiger partial charge >= 0.3 is 0 Å². The number of rotatable bonds is 5. The number of nitriles is 1. The minimum absolute atomic E-state index is 0.229. The van der Waals surface area contributed by atoms with Crippen molar-refractivity contribution >= 4 is 35.0 Å². The summed E-state index contributed by atoms with van der Waals surface area (Å²) in [7, 11) is 0. The zero-order chi connectivity index (χ0) is 17.8. The highest BCUT2D eigenvalue weighted by molar-refractivity contribution is 8.00. The van der Waals surface area contributed by atoms with E-state index < -0.39 is 0 Å². The molecule has 0 fully saturated rings. The normalized spacial score (nSPS) is 11.9. The Labute approximate surface area is 160 Å². The topological polar surface area (TPSA) is 54.5 Å². The molecule has 0 aliphatic heterocycles. The lowest BCUT2D eigenvalue weighted by Gasteiger charge is -2.12. The average molecular weight is 389 g/mol. The molecule has 126 valence electrons. The molecule has 0 N–H and O–H groups in total. The van der Waals surface area contributed by atoms with E-state index in [2.05, 4.69) is 16.3 Å². The van der Waals surface area contributed by atoms with E-state index >= 15 is 0 Å². The maximum Gasteiger partial charge on any atom is 0.193 e. The minimum Gasteiger partial charge on any atom is -0.297 e. The van der Waals surface area contributed by atoms with Crippen molar-refractivity contribution < 1.29 is 0 Å². The summed E-state index contributed by atoms with van der Waals surface area (Å²) in [5, 5.41) is 19.2. The van der Waals surface area contributed by atoms with E-state index in [1.807, 2.05) is 47.9 Å². The first kappa shape index (κ1) is 17.8. The Morgan fingerprint density at radius 1 is 1.16 bits per heavy atom. The van der Waals surface area contributed by atoms with E-state index in [9.17, 15) is 0 Å². The zero-order valence-corrected chi connectivity index (χ0v) is 15.7. The fraction of sp³-hybridized carbons (Fsp3) is 0.167. The predicted molar refractivity (Wildman–Crippen MR) is 102 cm³/mol. The summed E-state index contributed by atoms with van der Waals surface area (Å²) in [6, 6.07) is 17.5. The Hall–Kier alpha value is -2.00. The molecule has 1 aromatic heterocycles. The molecule has 0 saturated heterocycles.